The van der Waals surface area contributed by atoms with Crippen molar-refractivity contribution < 1.29 is 0 Å². The van der Waals surface area contributed by atoms with Crippen LogP contribution < -0.4 is 5.32 Å². The summed E-state index contributed by atoms with van der Waals surface area (Å²) in [4.78, 5) is 2.64. The van der Waals surface area contributed by atoms with E-state index in [-0.39, 0.29) is 0 Å². The van der Waals surface area contributed by atoms with Crippen LogP contribution in [0.5, 0.6) is 0 Å². The van der Waals surface area contributed by atoms with E-state index in [1.165, 1.54) is 24.8 Å². The minimum Gasteiger partial charge on any atom is -0.314 e. The molecule has 3 heteroatoms. The molecule has 0 bridgehead atoms. The van der Waals surface area contributed by atoms with Crippen LogP contribution in [0, 0.1) is 5.41 Å². The first-order valence-corrected chi connectivity index (χ1v) is 9.27. The summed E-state index contributed by atoms with van der Waals surface area (Å²) in [5.41, 5.74) is 4.96. The van der Waals surface area contributed by atoms with Gasteiger partial charge in [0.2, 0.25) is 0 Å². The molecule has 1 unspecified atom stereocenters. The van der Waals surface area contributed by atoms with E-state index in [4.69, 9.17) is 11.6 Å². The fraction of sp³-hybridized carbons (Fsp3) is 0.600. The van der Waals surface area contributed by atoms with Crippen LogP contribution in [0.25, 0.3) is 5.57 Å². The second kappa shape index (κ2) is 6.96. The Kier molecular flexibility index (Phi) is 5.15. The number of rotatable bonds is 3. The van der Waals surface area contributed by atoms with Gasteiger partial charge in [-0.05, 0) is 60.4 Å². The molecule has 1 aromatic carbocycles. The van der Waals surface area contributed by atoms with Gasteiger partial charge in [-0.15, -0.1) is 0 Å². The number of halogens is 1. The molecular formula is C20H29ClN2. The average Bonchev–Trinajstić information content (AvgIpc) is 2.55. The van der Waals surface area contributed by atoms with Crippen molar-refractivity contribution in [2.45, 2.75) is 46.1 Å². The number of nitrogens with zero attached hydrogens (tertiary/aromatic N) is 1. The first-order valence-electron chi connectivity index (χ1n) is 8.89. The zero-order valence-corrected chi connectivity index (χ0v) is 15.4. The molecule has 0 spiro atoms. The molecule has 1 heterocycles. The van der Waals surface area contributed by atoms with Gasteiger partial charge in [0.1, 0.15) is 0 Å². The van der Waals surface area contributed by atoms with Crippen molar-refractivity contribution >= 4 is 17.2 Å². The zero-order valence-electron chi connectivity index (χ0n) is 14.7. The number of nitrogens with one attached hydrogen (secondary N) is 1. The Morgan fingerprint density at radius 3 is 2.43 bits per heavy atom. The van der Waals surface area contributed by atoms with Gasteiger partial charge in [-0.1, -0.05) is 37.6 Å². The molecule has 1 aliphatic carbocycles. The van der Waals surface area contributed by atoms with Crippen LogP contribution >= 0.6 is 11.6 Å². The highest BCUT2D eigenvalue weighted by atomic mass is 35.5. The van der Waals surface area contributed by atoms with Crippen molar-refractivity contribution in [1.29, 1.82) is 0 Å². The summed E-state index contributed by atoms with van der Waals surface area (Å²) in [5.74, 6) is 0. The van der Waals surface area contributed by atoms with Gasteiger partial charge in [-0.25, -0.2) is 0 Å². The summed E-state index contributed by atoms with van der Waals surface area (Å²) in [7, 11) is 0. The highest BCUT2D eigenvalue weighted by molar-refractivity contribution is 6.30. The smallest absolute Gasteiger partial charge is 0.0406 e. The Morgan fingerprint density at radius 1 is 1.13 bits per heavy atom. The lowest BCUT2D eigenvalue weighted by Crippen LogP contribution is -2.48. The Balaban J connectivity index is 1.95. The first kappa shape index (κ1) is 17.0. The Morgan fingerprint density at radius 2 is 1.78 bits per heavy atom. The van der Waals surface area contributed by atoms with Crippen molar-refractivity contribution in [2.24, 2.45) is 5.41 Å². The molecule has 1 aromatic rings. The van der Waals surface area contributed by atoms with Gasteiger partial charge in [0.15, 0.2) is 0 Å². The number of hydrogen-bond donors (Lipinski definition) is 1. The number of allylic oxidation sites excluding steroid dienone is 1. The predicted molar refractivity (Wildman–Crippen MR) is 99.9 cm³/mol. The second-order valence-electron chi connectivity index (χ2n) is 7.81. The van der Waals surface area contributed by atoms with E-state index in [1.807, 2.05) is 12.1 Å². The number of benzene rings is 1. The summed E-state index contributed by atoms with van der Waals surface area (Å²) < 4.78 is 0. The Labute approximate surface area is 145 Å². The molecule has 1 fully saturated rings. The van der Waals surface area contributed by atoms with Gasteiger partial charge < -0.3 is 5.32 Å². The van der Waals surface area contributed by atoms with Crippen LogP contribution in [0.2, 0.25) is 5.02 Å². The van der Waals surface area contributed by atoms with Gasteiger partial charge in [0.25, 0.3) is 0 Å². The average molecular weight is 333 g/mol. The maximum absolute atomic E-state index is 6.10. The molecule has 2 nitrogen and oxygen atoms in total. The predicted octanol–water partition coefficient (Wildman–Crippen LogP) is 4.60. The lowest BCUT2D eigenvalue weighted by molar-refractivity contribution is 0.196. The third kappa shape index (κ3) is 3.99. The molecule has 23 heavy (non-hydrogen) atoms. The molecule has 0 aromatic heterocycles. The van der Waals surface area contributed by atoms with E-state index in [9.17, 15) is 0 Å². The second-order valence-corrected chi connectivity index (χ2v) is 8.25. The van der Waals surface area contributed by atoms with E-state index in [1.54, 1.807) is 11.1 Å². The van der Waals surface area contributed by atoms with Gasteiger partial charge in [0.05, 0.1) is 0 Å². The Bertz CT molecular complexity index is 568. The molecule has 1 saturated heterocycles. The van der Waals surface area contributed by atoms with Crippen molar-refractivity contribution in [3.05, 3.63) is 40.4 Å². The topological polar surface area (TPSA) is 15.3 Å². The van der Waals surface area contributed by atoms with Crippen LogP contribution in [0.4, 0.5) is 0 Å². The van der Waals surface area contributed by atoms with E-state index >= 15 is 0 Å². The van der Waals surface area contributed by atoms with Crippen LogP contribution in [-0.2, 0) is 0 Å². The van der Waals surface area contributed by atoms with Crippen molar-refractivity contribution in [1.82, 2.24) is 10.2 Å². The summed E-state index contributed by atoms with van der Waals surface area (Å²) in [6.07, 6.45) is 3.67. The van der Waals surface area contributed by atoms with Crippen LogP contribution in [0.1, 0.15) is 45.6 Å². The molecule has 1 N–H and O–H groups in total. The highest BCUT2D eigenvalue weighted by Crippen LogP contribution is 2.44. The molecule has 0 amide bonds. The van der Waals surface area contributed by atoms with E-state index in [0.717, 1.165) is 31.2 Å². The molecule has 1 aliphatic heterocycles. The summed E-state index contributed by atoms with van der Waals surface area (Å²) in [6.45, 7) is 11.7. The van der Waals surface area contributed by atoms with Gasteiger partial charge in [0, 0.05) is 37.2 Å². The zero-order chi connectivity index (χ0) is 16.4. The summed E-state index contributed by atoms with van der Waals surface area (Å²) in [5, 5.41) is 4.28. The molecule has 0 saturated carbocycles. The van der Waals surface area contributed by atoms with Crippen molar-refractivity contribution in [3.8, 4) is 0 Å². The minimum absolute atomic E-state index is 0.391. The molecular weight excluding hydrogens is 304 g/mol. The Hall–Kier alpha value is -0.830. The SMILES string of the molecule is CC(C1=C(c2ccc(Cl)cc2)CC(C)(C)CC1)N1CCNCC1. The minimum atomic E-state index is 0.391. The lowest BCUT2D eigenvalue weighted by Gasteiger charge is -2.40. The van der Waals surface area contributed by atoms with Gasteiger partial charge in [-0.3, -0.25) is 4.90 Å². The van der Waals surface area contributed by atoms with E-state index < -0.39 is 0 Å². The molecule has 3 rings (SSSR count). The normalized spacial score (nSPS) is 23.8. The summed E-state index contributed by atoms with van der Waals surface area (Å²) >= 11 is 6.10. The molecule has 2 aliphatic rings. The third-order valence-electron chi connectivity index (χ3n) is 5.51. The monoisotopic (exact) mass is 332 g/mol. The lowest BCUT2D eigenvalue weighted by atomic mass is 9.71. The number of piperazine rings is 1. The van der Waals surface area contributed by atoms with Gasteiger partial charge in [-0.2, -0.15) is 0 Å². The van der Waals surface area contributed by atoms with Crippen LogP contribution in [0.15, 0.2) is 29.8 Å². The largest absolute Gasteiger partial charge is 0.314 e. The quantitative estimate of drug-likeness (QED) is 0.870. The maximum atomic E-state index is 6.10. The fourth-order valence-electron chi connectivity index (χ4n) is 3.99. The van der Waals surface area contributed by atoms with E-state index in [0.29, 0.717) is 11.5 Å². The first-order chi connectivity index (χ1) is 11.0. The van der Waals surface area contributed by atoms with Crippen molar-refractivity contribution in [2.75, 3.05) is 26.2 Å². The molecule has 1 atom stereocenters. The van der Waals surface area contributed by atoms with E-state index in [2.05, 4.69) is 43.1 Å². The molecule has 0 radical (unpaired) electrons. The molecule has 126 valence electrons. The van der Waals surface area contributed by atoms with Crippen molar-refractivity contribution in [3.63, 3.8) is 0 Å². The summed E-state index contributed by atoms with van der Waals surface area (Å²) in [6, 6.07) is 8.99. The third-order valence-corrected chi connectivity index (χ3v) is 5.76. The van der Waals surface area contributed by atoms with Gasteiger partial charge >= 0.3 is 0 Å². The van der Waals surface area contributed by atoms with Crippen LogP contribution in [-0.4, -0.2) is 37.1 Å². The fourth-order valence-corrected chi connectivity index (χ4v) is 4.12. The highest BCUT2D eigenvalue weighted by Gasteiger charge is 2.31. The van der Waals surface area contributed by atoms with Crippen LogP contribution in [0.3, 0.4) is 0 Å². The standard InChI is InChI=1S/C20H29ClN2/c1-15(23-12-10-22-11-13-23)18-8-9-20(2,3)14-19(18)16-4-6-17(21)7-5-16/h4-7,15,22H,8-14H2,1-3H3. The maximum Gasteiger partial charge on any atom is 0.0406 e. The number of hydrogen-bond acceptors (Lipinski definition) is 2.